The fourth-order valence-electron chi connectivity index (χ4n) is 2.77. The topological polar surface area (TPSA) is 190 Å². The van der Waals surface area contributed by atoms with Gasteiger partial charge < -0.3 is 40.7 Å². The van der Waals surface area contributed by atoms with Gasteiger partial charge in [0.1, 0.15) is 17.8 Å². The van der Waals surface area contributed by atoms with Crippen molar-refractivity contribution in [1.29, 1.82) is 0 Å². The van der Waals surface area contributed by atoms with Crippen molar-refractivity contribution in [3.05, 3.63) is 0 Å². The van der Waals surface area contributed by atoms with Gasteiger partial charge in [0.2, 0.25) is 12.2 Å². The lowest BCUT2D eigenvalue weighted by Gasteiger charge is -2.43. The van der Waals surface area contributed by atoms with Crippen LogP contribution in [-0.4, -0.2) is 71.5 Å². The molecule has 0 saturated carbocycles. The highest BCUT2D eigenvalue weighted by molar-refractivity contribution is 5.79. The minimum Gasteiger partial charge on any atom is -0.388 e. The number of hydrogen-bond donors (Lipinski definition) is 5. The SMILES string of the molecule is NCC1(C=O)CCC(O)C(OC2CC(O)C(ON)OC2C(N)=O)O1. The van der Waals surface area contributed by atoms with E-state index in [0.29, 0.717) is 6.29 Å². The molecule has 138 valence electrons. The number of aliphatic hydroxyl groups excluding tert-OH is 2. The number of amides is 1. The molecule has 0 aromatic rings. The van der Waals surface area contributed by atoms with Gasteiger partial charge in [-0.25, -0.2) is 5.90 Å². The Bertz CT molecular complexity index is 466. The number of ether oxygens (including phenoxy) is 3. The molecule has 2 aliphatic rings. The van der Waals surface area contributed by atoms with Crippen LogP contribution in [0.1, 0.15) is 19.3 Å². The first-order chi connectivity index (χ1) is 11.4. The summed E-state index contributed by atoms with van der Waals surface area (Å²) in [6.07, 6.45) is -6.08. The Morgan fingerprint density at radius 3 is 2.58 bits per heavy atom. The number of aldehydes is 1. The maximum Gasteiger partial charge on any atom is 0.249 e. The van der Waals surface area contributed by atoms with Crippen LogP contribution in [0.5, 0.6) is 0 Å². The van der Waals surface area contributed by atoms with Gasteiger partial charge in [0.25, 0.3) is 0 Å². The first-order valence-electron chi connectivity index (χ1n) is 7.52. The Morgan fingerprint density at radius 1 is 1.33 bits per heavy atom. The van der Waals surface area contributed by atoms with E-state index in [-0.39, 0.29) is 25.8 Å². The normalized spacial score (nSPS) is 43.3. The van der Waals surface area contributed by atoms with Crippen LogP contribution in [0.4, 0.5) is 0 Å². The van der Waals surface area contributed by atoms with Crippen LogP contribution in [0.3, 0.4) is 0 Å². The van der Waals surface area contributed by atoms with E-state index in [1.807, 2.05) is 0 Å². The molecule has 2 saturated heterocycles. The Hall–Kier alpha value is -1.18. The summed E-state index contributed by atoms with van der Waals surface area (Å²) in [4.78, 5) is 27.2. The van der Waals surface area contributed by atoms with Crippen molar-refractivity contribution in [3.63, 3.8) is 0 Å². The van der Waals surface area contributed by atoms with Gasteiger partial charge in [-0.1, -0.05) is 0 Å². The van der Waals surface area contributed by atoms with E-state index < -0.39 is 48.5 Å². The second-order valence-electron chi connectivity index (χ2n) is 5.92. The first-order valence-corrected chi connectivity index (χ1v) is 7.52. The van der Waals surface area contributed by atoms with Crippen molar-refractivity contribution in [3.8, 4) is 0 Å². The summed E-state index contributed by atoms with van der Waals surface area (Å²) in [7, 11) is 0. The van der Waals surface area contributed by atoms with Crippen LogP contribution in [-0.2, 0) is 28.6 Å². The van der Waals surface area contributed by atoms with Crippen molar-refractivity contribution < 1.29 is 38.9 Å². The van der Waals surface area contributed by atoms with E-state index in [1.165, 1.54) is 0 Å². The van der Waals surface area contributed by atoms with Crippen molar-refractivity contribution in [2.24, 2.45) is 17.4 Å². The van der Waals surface area contributed by atoms with Gasteiger partial charge in [0.15, 0.2) is 18.7 Å². The Labute approximate surface area is 137 Å². The molecule has 0 spiro atoms. The lowest BCUT2D eigenvalue weighted by Crippen LogP contribution is -2.59. The maximum atomic E-state index is 11.6. The molecule has 0 bridgehead atoms. The third-order valence-corrected chi connectivity index (χ3v) is 4.22. The highest BCUT2D eigenvalue weighted by atomic mass is 16.8. The van der Waals surface area contributed by atoms with Gasteiger partial charge in [-0.15, -0.1) is 0 Å². The molecule has 1 amide bonds. The van der Waals surface area contributed by atoms with Gasteiger partial charge >= 0.3 is 0 Å². The molecule has 7 unspecified atom stereocenters. The Kier molecular flexibility index (Phi) is 6.22. The van der Waals surface area contributed by atoms with E-state index in [9.17, 15) is 19.8 Å². The van der Waals surface area contributed by atoms with E-state index in [4.69, 9.17) is 31.6 Å². The molecule has 2 aliphatic heterocycles. The highest BCUT2D eigenvalue weighted by Gasteiger charge is 2.46. The van der Waals surface area contributed by atoms with Gasteiger partial charge in [-0.3, -0.25) is 9.63 Å². The van der Waals surface area contributed by atoms with Crippen molar-refractivity contribution in [2.75, 3.05) is 6.54 Å². The smallest absolute Gasteiger partial charge is 0.249 e. The predicted molar refractivity (Wildman–Crippen MR) is 76.6 cm³/mol. The molecule has 8 N–H and O–H groups in total. The van der Waals surface area contributed by atoms with E-state index in [0.717, 1.165) is 0 Å². The largest absolute Gasteiger partial charge is 0.388 e. The summed E-state index contributed by atoms with van der Waals surface area (Å²) in [5.41, 5.74) is 9.55. The fraction of sp³-hybridized carbons (Fsp3) is 0.846. The molecule has 0 radical (unpaired) electrons. The Morgan fingerprint density at radius 2 is 2.04 bits per heavy atom. The molecule has 11 nitrogen and oxygen atoms in total. The molecule has 0 aliphatic carbocycles. The summed E-state index contributed by atoms with van der Waals surface area (Å²) < 4.78 is 16.2. The molecule has 2 fully saturated rings. The van der Waals surface area contributed by atoms with Gasteiger partial charge in [-0.2, -0.15) is 0 Å². The van der Waals surface area contributed by atoms with Gasteiger partial charge in [-0.05, 0) is 12.8 Å². The van der Waals surface area contributed by atoms with Crippen LogP contribution in [0.2, 0.25) is 0 Å². The van der Waals surface area contributed by atoms with Crippen molar-refractivity contribution in [1.82, 2.24) is 0 Å². The average molecular weight is 349 g/mol. The van der Waals surface area contributed by atoms with Crippen molar-refractivity contribution >= 4 is 12.2 Å². The highest BCUT2D eigenvalue weighted by Crippen LogP contribution is 2.31. The number of primary amides is 1. The summed E-state index contributed by atoms with van der Waals surface area (Å²) in [5, 5.41) is 19.9. The second kappa shape index (κ2) is 7.80. The number of carbonyl (C=O) groups excluding carboxylic acids is 2. The summed E-state index contributed by atoms with van der Waals surface area (Å²) in [5.74, 6) is 4.12. The van der Waals surface area contributed by atoms with Crippen LogP contribution >= 0.6 is 0 Å². The van der Waals surface area contributed by atoms with Gasteiger partial charge in [0.05, 0.1) is 6.10 Å². The minimum absolute atomic E-state index is 0.0881. The molecular weight excluding hydrogens is 326 g/mol. The van der Waals surface area contributed by atoms with Crippen molar-refractivity contribution in [2.45, 2.75) is 61.9 Å². The third-order valence-electron chi connectivity index (χ3n) is 4.22. The van der Waals surface area contributed by atoms with Crippen LogP contribution in [0.25, 0.3) is 0 Å². The molecule has 0 aromatic heterocycles. The molecular formula is C13H23N3O8. The summed E-state index contributed by atoms with van der Waals surface area (Å²) in [6.45, 7) is -0.0881. The number of aliphatic hydroxyl groups is 2. The Balaban J connectivity index is 2.11. The van der Waals surface area contributed by atoms with E-state index >= 15 is 0 Å². The number of hydrogen-bond acceptors (Lipinski definition) is 10. The lowest BCUT2D eigenvalue weighted by atomic mass is 9.93. The predicted octanol–water partition coefficient (Wildman–Crippen LogP) is -3.38. The summed E-state index contributed by atoms with van der Waals surface area (Å²) >= 11 is 0. The number of carbonyl (C=O) groups is 2. The van der Waals surface area contributed by atoms with Gasteiger partial charge in [0, 0.05) is 13.0 Å². The van der Waals surface area contributed by atoms with E-state index in [1.54, 1.807) is 0 Å². The number of nitrogens with two attached hydrogens (primary N) is 3. The molecule has 2 rings (SSSR count). The average Bonchev–Trinajstić information content (AvgIpc) is 2.57. The summed E-state index contributed by atoms with van der Waals surface area (Å²) in [6, 6.07) is 0. The monoisotopic (exact) mass is 349 g/mol. The first kappa shape index (κ1) is 19.1. The zero-order valence-electron chi connectivity index (χ0n) is 12.9. The standard InChI is InChI=1S/C13H23N3O8/c14-4-13(5-17)2-1-6(18)11(23-13)21-8-3-7(19)12(24-16)22-9(8)10(15)20/h5-9,11-12,18-19H,1-4,14,16H2,(H2,15,20). The molecule has 11 heteroatoms. The minimum atomic E-state index is -1.27. The molecule has 24 heavy (non-hydrogen) atoms. The van der Waals surface area contributed by atoms with Crippen LogP contribution < -0.4 is 17.4 Å². The second-order valence-corrected chi connectivity index (χ2v) is 5.92. The zero-order chi connectivity index (χ0) is 17.9. The molecule has 2 heterocycles. The number of rotatable bonds is 6. The quantitative estimate of drug-likeness (QED) is 0.239. The maximum absolute atomic E-state index is 11.6. The molecule has 7 atom stereocenters. The van der Waals surface area contributed by atoms with E-state index in [2.05, 4.69) is 4.84 Å². The lowest BCUT2D eigenvalue weighted by molar-refractivity contribution is -0.318. The zero-order valence-corrected chi connectivity index (χ0v) is 12.9. The molecule has 0 aromatic carbocycles. The third kappa shape index (κ3) is 3.90. The fourth-order valence-corrected chi connectivity index (χ4v) is 2.77. The van der Waals surface area contributed by atoms with Crippen LogP contribution in [0, 0.1) is 0 Å². The van der Waals surface area contributed by atoms with Crippen LogP contribution in [0.15, 0.2) is 0 Å².